The van der Waals surface area contributed by atoms with Crippen LogP contribution in [-0.2, 0) is 26.9 Å². The maximum atomic E-state index is 6.17. The van der Waals surface area contributed by atoms with Gasteiger partial charge in [0.05, 0.1) is 22.4 Å². The molecule has 0 saturated carbocycles. The lowest BCUT2D eigenvalue weighted by atomic mass is 10.0. The molecule has 0 N–H and O–H groups in total. The number of nitrogens with zero attached hydrogens (tertiary/aromatic N) is 7. The first-order valence-electron chi connectivity index (χ1n) is 14.6. The second kappa shape index (κ2) is 11.0. The van der Waals surface area contributed by atoms with Crippen LogP contribution in [0.2, 0.25) is 0 Å². The molecule has 5 heterocycles. The summed E-state index contributed by atoms with van der Waals surface area (Å²) in [5, 5.41) is 6.77. The number of fused-ring (bicyclic) bond motifs is 3. The molecule has 0 bridgehead atoms. The summed E-state index contributed by atoms with van der Waals surface area (Å²) < 4.78 is 10.2. The van der Waals surface area contributed by atoms with Gasteiger partial charge in [-0.3, -0.25) is 9.67 Å². The van der Waals surface area contributed by atoms with E-state index >= 15 is 0 Å². The molecule has 0 radical (unpaired) electrons. The average Bonchev–Trinajstić information content (AvgIpc) is 3.61. The smallest absolute Gasteiger partial charge is 0.245 e. The summed E-state index contributed by atoms with van der Waals surface area (Å²) in [6, 6.07) is 17.0. The summed E-state index contributed by atoms with van der Waals surface area (Å²) in [6.07, 6.45) is 5.21. The van der Waals surface area contributed by atoms with Crippen molar-refractivity contribution in [1.82, 2.24) is 34.2 Å². The van der Waals surface area contributed by atoms with Crippen molar-refractivity contribution in [2.45, 2.75) is 38.1 Å². The van der Waals surface area contributed by atoms with Gasteiger partial charge < -0.3 is 13.9 Å². The minimum absolute atomic E-state index is 0.636. The number of hydrogen-bond acceptors (Lipinski definition) is 7. The molecule has 2 aromatic carbocycles. The zero-order chi connectivity index (χ0) is 28.8. The molecule has 0 saturated heterocycles. The van der Waals surface area contributed by atoms with Crippen LogP contribution in [-0.4, -0.2) is 59.6 Å². The fourth-order valence-electron chi connectivity index (χ4n) is 6.03. The Balaban J connectivity index is 0.962. The van der Waals surface area contributed by atoms with Crippen molar-refractivity contribution >= 4 is 33.8 Å². The Labute approximate surface area is 249 Å². The lowest BCUT2D eigenvalue weighted by molar-refractivity contribution is 0.289. The van der Waals surface area contributed by atoms with Gasteiger partial charge in [-0.1, -0.05) is 18.2 Å². The van der Waals surface area contributed by atoms with Crippen LogP contribution in [0.25, 0.3) is 45.0 Å². The third-order valence-corrected chi connectivity index (χ3v) is 9.42. The largest absolute Gasteiger partial charge is 0.435 e. The highest BCUT2D eigenvalue weighted by Crippen LogP contribution is 2.31. The summed E-state index contributed by atoms with van der Waals surface area (Å²) in [6.45, 7) is 7.24. The number of pyridine rings is 1. The molecule has 0 amide bonds. The molecule has 1 aliphatic rings. The highest BCUT2D eigenvalue weighted by Gasteiger charge is 2.19. The van der Waals surface area contributed by atoms with Crippen LogP contribution in [0.15, 0.2) is 64.2 Å². The number of rotatable bonds is 7. The van der Waals surface area contributed by atoms with Crippen LogP contribution in [0, 0.1) is 13.8 Å². The summed E-state index contributed by atoms with van der Waals surface area (Å²) >= 11 is 1.89. The van der Waals surface area contributed by atoms with E-state index in [-0.39, 0.29) is 0 Å². The minimum atomic E-state index is 0.636. The number of benzene rings is 2. The van der Waals surface area contributed by atoms with Crippen LogP contribution in [0.1, 0.15) is 28.9 Å². The Hall–Kier alpha value is -3.95. The maximum absolute atomic E-state index is 6.17. The molecule has 0 spiro atoms. The zero-order valence-corrected chi connectivity index (χ0v) is 25.4. The van der Waals surface area contributed by atoms with Crippen molar-refractivity contribution in [2.75, 3.05) is 25.4 Å². The molecule has 8 nitrogen and oxygen atoms in total. The number of imidazole rings is 1. The summed E-state index contributed by atoms with van der Waals surface area (Å²) in [5.74, 6) is 2.69. The van der Waals surface area contributed by atoms with E-state index in [2.05, 4.69) is 64.1 Å². The van der Waals surface area contributed by atoms with Crippen molar-refractivity contribution in [3.05, 3.63) is 77.2 Å². The van der Waals surface area contributed by atoms with Gasteiger partial charge in [0, 0.05) is 49.6 Å². The van der Waals surface area contributed by atoms with Crippen molar-refractivity contribution < 1.29 is 4.42 Å². The normalized spacial score (nSPS) is 14.1. The van der Waals surface area contributed by atoms with Crippen molar-refractivity contribution in [1.29, 1.82) is 0 Å². The molecule has 0 unspecified atom stereocenters. The van der Waals surface area contributed by atoms with E-state index < -0.39 is 0 Å². The number of oxazole rings is 1. The molecule has 7 rings (SSSR count). The van der Waals surface area contributed by atoms with E-state index in [9.17, 15) is 0 Å². The molecular weight excluding hydrogens is 542 g/mol. The van der Waals surface area contributed by atoms with Gasteiger partial charge >= 0.3 is 0 Å². The standard InChI is InChI=1S/C33H35N7OS/c1-21-9-10-25-26(7-5-8-27(25)35-21)32-34-20-31(38(32)3)42-16-6-13-40-14-11-23-18-28-30(19-24(23)12-15-40)41-33(36-28)29-17-22(2)37-39(29)4/h5,7-10,17-20H,6,11-16H2,1-4H3. The molecule has 0 atom stereocenters. The van der Waals surface area contributed by atoms with E-state index in [1.165, 1.54) is 16.2 Å². The SMILES string of the molecule is Cc1ccc2c(-c3ncc(SCCCN4CCc5cc6nc(-c7cc(C)nn7C)oc6cc5CC4)n3C)cccc2n1. The Bertz CT molecular complexity index is 1870. The lowest BCUT2D eigenvalue weighted by Crippen LogP contribution is -2.27. The predicted octanol–water partition coefficient (Wildman–Crippen LogP) is 6.38. The molecule has 9 heteroatoms. The first kappa shape index (κ1) is 26.9. The summed E-state index contributed by atoms with van der Waals surface area (Å²) in [4.78, 5) is 16.9. The topological polar surface area (TPSA) is 77.8 Å². The first-order valence-corrected chi connectivity index (χ1v) is 15.6. The van der Waals surface area contributed by atoms with Crippen molar-refractivity contribution in [2.24, 2.45) is 14.1 Å². The van der Waals surface area contributed by atoms with Crippen LogP contribution in [0.5, 0.6) is 0 Å². The van der Waals surface area contributed by atoms with Gasteiger partial charge in [0.2, 0.25) is 5.89 Å². The molecule has 42 heavy (non-hydrogen) atoms. The third-order valence-electron chi connectivity index (χ3n) is 8.25. The Kier molecular flexibility index (Phi) is 7.07. The van der Waals surface area contributed by atoms with E-state index in [4.69, 9.17) is 19.4 Å². The van der Waals surface area contributed by atoms with E-state index in [0.29, 0.717) is 5.89 Å². The van der Waals surface area contributed by atoms with Gasteiger partial charge in [-0.25, -0.2) is 9.97 Å². The number of aromatic nitrogens is 6. The second-order valence-electron chi connectivity index (χ2n) is 11.2. The second-order valence-corrected chi connectivity index (χ2v) is 12.4. The van der Waals surface area contributed by atoms with E-state index in [1.54, 1.807) is 0 Å². The highest BCUT2D eigenvalue weighted by atomic mass is 32.2. The third kappa shape index (κ3) is 5.12. The molecule has 4 aromatic heterocycles. The first-order chi connectivity index (χ1) is 20.4. The summed E-state index contributed by atoms with van der Waals surface area (Å²) in [7, 11) is 4.04. The van der Waals surface area contributed by atoms with Gasteiger partial charge in [-0.15, -0.1) is 11.8 Å². The monoisotopic (exact) mass is 577 g/mol. The molecular formula is C33H35N7OS. The number of aryl methyl sites for hydroxylation is 3. The van der Waals surface area contributed by atoms with Crippen molar-refractivity contribution in [3.63, 3.8) is 0 Å². The van der Waals surface area contributed by atoms with Gasteiger partial charge in [-0.05, 0) is 81.1 Å². The van der Waals surface area contributed by atoms with Gasteiger partial charge in [0.15, 0.2) is 5.58 Å². The fourth-order valence-corrected chi connectivity index (χ4v) is 6.92. The maximum Gasteiger partial charge on any atom is 0.245 e. The predicted molar refractivity (Wildman–Crippen MR) is 169 cm³/mol. The zero-order valence-electron chi connectivity index (χ0n) is 24.6. The van der Waals surface area contributed by atoms with Gasteiger partial charge in [-0.2, -0.15) is 5.10 Å². The van der Waals surface area contributed by atoms with Gasteiger partial charge in [0.1, 0.15) is 17.0 Å². The average molecular weight is 578 g/mol. The Morgan fingerprint density at radius 2 is 1.74 bits per heavy atom. The van der Waals surface area contributed by atoms with E-state index in [1.807, 2.05) is 49.6 Å². The fraction of sp³-hybridized carbons (Fsp3) is 0.333. The van der Waals surface area contributed by atoms with Crippen LogP contribution in [0.3, 0.4) is 0 Å². The number of thioether (sulfide) groups is 1. The van der Waals surface area contributed by atoms with Crippen LogP contribution < -0.4 is 0 Å². The molecule has 0 aliphatic carbocycles. The molecule has 1 aliphatic heterocycles. The Morgan fingerprint density at radius 1 is 0.905 bits per heavy atom. The Morgan fingerprint density at radius 3 is 2.55 bits per heavy atom. The molecule has 214 valence electrons. The van der Waals surface area contributed by atoms with Crippen LogP contribution in [0.4, 0.5) is 0 Å². The van der Waals surface area contributed by atoms with Crippen LogP contribution >= 0.6 is 11.8 Å². The lowest BCUT2D eigenvalue weighted by Gasteiger charge is -2.19. The minimum Gasteiger partial charge on any atom is -0.435 e. The van der Waals surface area contributed by atoms with E-state index in [0.717, 1.165) is 95.1 Å². The highest BCUT2D eigenvalue weighted by molar-refractivity contribution is 7.99. The molecule has 6 aromatic rings. The van der Waals surface area contributed by atoms with Gasteiger partial charge in [0.25, 0.3) is 0 Å². The molecule has 0 fully saturated rings. The summed E-state index contributed by atoms with van der Waals surface area (Å²) in [5.41, 5.74) is 9.60. The van der Waals surface area contributed by atoms with Crippen molar-refractivity contribution in [3.8, 4) is 23.0 Å². The quantitative estimate of drug-likeness (QED) is 0.161. The number of hydrogen-bond donors (Lipinski definition) is 0.